The number of rotatable bonds is 4. The summed E-state index contributed by atoms with van der Waals surface area (Å²) in [5.74, 6) is 0.709. The van der Waals surface area contributed by atoms with Crippen molar-refractivity contribution in [2.45, 2.75) is 65.0 Å². The van der Waals surface area contributed by atoms with Crippen LogP contribution in [-0.2, 0) is 5.54 Å². The topological polar surface area (TPSA) is 55.5 Å². The normalized spacial score (nSPS) is 23.2. The zero-order valence-electron chi connectivity index (χ0n) is 16.9. The summed E-state index contributed by atoms with van der Waals surface area (Å²) >= 11 is 0. The Labute approximate surface area is 161 Å². The zero-order chi connectivity index (χ0) is 19.8. The number of ether oxygens (including phenoxy) is 1. The Bertz CT molecular complexity index is 802. The molecule has 4 heteroatoms. The van der Waals surface area contributed by atoms with E-state index in [0.717, 1.165) is 36.6 Å². The molecule has 0 saturated heterocycles. The summed E-state index contributed by atoms with van der Waals surface area (Å²) in [6.45, 7) is 8.47. The zero-order valence-corrected chi connectivity index (χ0v) is 16.9. The molecule has 0 bridgehead atoms. The van der Waals surface area contributed by atoms with Gasteiger partial charge in [0.1, 0.15) is 0 Å². The maximum Gasteiger partial charge on any atom is 0.172 e. The van der Waals surface area contributed by atoms with E-state index >= 15 is 0 Å². The van der Waals surface area contributed by atoms with Gasteiger partial charge >= 0.3 is 0 Å². The number of hydrogen-bond acceptors (Lipinski definition) is 3. The highest BCUT2D eigenvalue weighted by molar-refractivity contribution is 5.85. The average molecular weight is 374 g/mol. The van der Waals surface area contributed by atoms with Crippen molar-refractivity contribution < 1.29 is 14.2 Å². The fourth-order valence-electron chi connectivity index (χ4n) is 4.04. The van der Waals surface area contributed by atoms with Crippen molar-refractivity contribution in [2.75, 3.05) is 6.61 Å². The Morgan fingerprint density at radius 3 is 2.33 bits per heavy atom. The molecule has 1 fully saturated rings. The van der Waals surface area contributed by atoms with Gasteiger partial charge < -0.3 is 15.6 Å². The van der Waals surface area contributed by atoms with Crippen LogP contribution >= 0.6 is 0 Å². The molecule has 1 saturated carbocycles. The van der Waals surface area contributed by atoms with Gasteiger partial charge in [-0.1, -0.05) is 39.0 Å². The minimum absolute atomic E-state index is 0.0801. The number of nitrogens with two attached hydrogens (primary N) is 1. The summed E-state index contributed by atoms with van der Waals surface area (Å²) in [6.07, 6.45) is 4.28. The molecule has 0 spiro atoms. The first-order chi connectivity index (χ1) is 12.6. The summed E-state index contributed by atoms with van der Waals surface area (Å²) in [6, 6.07) is 8.92. The highest BCUT2D eigenvalue weighted by Crippen LogP contribution is 2.39. The van der Waals surface area contributed by atoms with Crippen molar-refractivity contribution in [1.29, 1.82) is 0 Å². The molecule has 1 atom stereocenters. The monoisotopic (exact) mass is 373 g/mol. The minimum atomic E-state index is -0.842. The third kappa shape index (κ3) is 4.27. The van der Waals surface area contributed by atoms with Crippen LogP contribution in [0.5, 0.6) is 5.75 Å². The Kier molecular flexibility index (Phi) is 5.51. The number of hydrogen-bond donors (Lipinski definition) is 2. The Morgan fingerprint density at radius 2 is 1.74 bits per heavy atom. The molecular formula is C23H32FNO2. The minimum Gasteiger partial charge on any atom is -0.487 e. The van der Waals surface area contributed by atoms with E-state index in [-0.39, 0.29) is 18.5 Å². The largest absolute Gasteiger partial charge is 0.487 e. The van der Waals surface area contributed by atoms with E-state index in [9.17, 15) is 9.50 Å². The van der Waals surface area contributed by atoms with Crippen LogP contribution in [0.1, 0.15) is 58.9 Å². The summed E-state index contributed by atoms with van der Waals surface area (Å²) < 4.78 is 21.0. The molecule has 3 rings (SSSR count). The van der Waals surface area contributed by atoms with Gasteiger partial charge in [-0.25, -0.2) is 4.39 Å². The molecule has 3 N–H and O–H groups in total. The lowest BCUT2D eigenvalue weighted by molar-refractivity contribution is 0.0856. The second-order valence-corrected chi connectivity index (χ2v) is 9.35. The van der Waals surface area contributed by atoms with E-state index < -0.39 is 5.54 Å². The highest BCUT2D eigenvalue weighted by Gasteiger charge is 2.31. The van der Waals surface area contributed by atoms with Gasteiger partial charge in [0.25, 0.3) is 0 Å². The molecule has 1 aliphatic carbocycles. The molecule has 27 heavy (non-hydrogen) atoms. The SMILES string of the molecule is CC(N)(CO)c1ccc2c(F)c(OC3CCC(C(C)(C)C)CC3)ccc2c1. The number of fused-ring (bicyclic) bond motifs is 1. The van der Waals surface area contributed by atoms with E-state index in [1.807, 2.05) is 12.1 Å². The van der Waals surface area contributed by atoms with Gasteiger partial charge in [0.15, 0.2) is 11.6 Å². The quantitative estimate of drug-likeness (QED) is 0.781. The smallest absolute Gasteiger partial charge is 0.172 e. The molecule has 0 amide bonds. The summed E-state index contributed by atoms with van der Waals surface area (Å²) in [5, 5.41) is 10.7. The number of aliphatic hydroxyl groups excluding tert-OH is 1. The van der Waals surface area contributed by atoms with Crippen LogP contribution < -0.4 is 10.5 Å². The van der Waals surface area contributed by atoms with E-state index in [2.05, 4.69) is 20.8 Å². The molecule has 0 heterocycles. The van der Waals surface area contributed by atoms with Gasteiger partial charge in [-0.3, -0.25) is 0 Å². The van der Waals surface area contributed by atoms with Crippen molar-refractivity contribution in [3.63, 3.8) is 0 Å². The molecule has 2 aromatic rings. The molecule has 0 aromatic heterocycles. The van der Waals surface area contributed by atoms with E-state index in [4.69, 9.17) is 10.5 Å². The first kappa shape index (κ1) is 20.1. The number of halogens is 1. The maximum absolute atomic E-state index is 15.0. The van der Waals surface area contributed by atoms with Gasteiger partial charge in [-0.15, -0.1) is 0 Å². The van der Waals surface area contributed by atoms with Gasteiger partial charge in [0, 0.05) is 5.39 Å². The standard InChI is InChI=1S/C23H32FNO2/c1-22(2,3)16-6-9-18(10-7-16)27-20-12-5-15-13-17(23(4,25)14-26)8-11-19(15)21(20)24/h5,8,11-13,16,18,26H,6-7,9-10,14,25H2,1-4H3. The van der Waals surface area contributed by atoms with Crippen molar-refractivity contribution >= 4 is 10.8 Å². The predicted octanol–water partition coefficient (Wildman–Crippen LogP) is 5.13. The Morgan fingerprint density at radius 1 is 1.07 bits per heavy atom. The van der Waals surface area contributed by atoms with Crippen molar-refractivity contribution in [3.05, 3.63) is 41.7 Å². The van der Waals surface area contributed by atoms with Gasteiger partial charge in [0.2, 0.25) is 0 Å². The van der Waals surface area contributed by atoms with Gasteiger partial charge in [-0.2, -0.15) is 0 Å². The molecule has 2 aromatic carbocycles. The second kappa shape index (κ2) is 7.40. The van der Waals surface area contributed by atoms with E-state index in [0.29, 0.717) is 22.5 Å². The maximum atomic E-state index is 15.0. The van der Waals surface area contributed by atoms with Crippen LogP contribution in [0.25, 0.3) is 10.8 Å². The van der Waals surface area contributed by atoms with Gasteiger partial charge in [-0.05, 0) is 67.0 Å². The van der Waals surface area contributed by atoms with Crippen LogP contribution in [-0.4, -0.2) is 17.8 Å². The molecule has 0 radical (unpaired) electrons. The first-order valence-electron chi connectivity index (χ1n) is 9.91. The first-order valence-corrected chi connectivity index (χ1v) is 9.91. The Hall–Kier alpha value is -1.65. The Balaban J connectivity index is 1.77. The molecule has 0 aliphatic heterocycles. The highest BCUT2D eigenvalue weighted by atomic mass is 19.1. The fourth-order valence-corrected chi connectivity index (χ4v) is 4.04. The summed E-state index contributed by atoms with van der Waals surface area (Å²) in [4.78, 5) is 0. The molecular weight excluding hydrogens is 341 g/mol. The lowest BCUT2D eigenvalue weighted by Gasteiger charge is -2.37. The number of benzene rings is 2. The number of aliphatic hydroxyl groups is 1. The van der Waals surface area contributed by atoms with E-state index in [1.165, 1.54) is 0 Å². The molecule has 1 unspecified atom stereocenters. The van der Waals surface area contributed by atoms with E-state index in [1.54, 1.807) is 25.1 Å². The van der Waals surface area contributed by atoms with Gasteiger partial charge in [0.05, 0.1) is 18.2 Å². The average Bonchev–Trinajstić information content (AvgIpc) is 2.63. The fraction of sp³-hybridized carbons (Fsp3) is 0.565. The summed E-state index contributed by atoms with van der Waals surface area (Å²) in [5.41, 5.74) is 6.36. The van der Waals surface area contributed by atoms with Crippen molar-refractivity contribution in [2.24, 2.45) is 17.1 Å². The molecule has 1 aliphatic rings. The molecule has 3 nitrogen and oxygen atoms in total. The molecule has 148 valence electrons. The predicted molar refractivity (Wildman–Crippen MR) is 108 cm³/mol. The third-order valence-corrected chi connectivity index (χ3v) is 6.10. The van der Waals surface area contributed by atoms with Crippen LogP contribution in [0.3, 0.4) is 0 Å². The van der Waals surface area contributed by atoms with Crippen LogP contribution in [0.15, 0.2) is 30.3 Å². The lowest BCUT2D eigenvalue weighted by Crippen LogP contribution is -2.36. The second-order valence-electron chi connectivity index (χ2n) is 9.35. The van der Waals surface area contributed by atoms with Crippen molar-refractivity contribution in [1.82, 2.24) is 0 Å². The van der Waals surface area contributed by atoms with Crippen LogP contribution in [0.2, 0.25) is 0 Å². The van der Waals surface area contributed by atoms with Crippen LogP contribution in [0, 0.1) is 17.2 Å². The lowest BCUT2D eigenvalue weighted by atomic mass is 9.72. The third-order valence-electron chi connectivity index (χ3n) is 6.10. The van der Waals surface area contributed by atoms with Crippen molar-refractivity contribution in [3.8, 4) is 5.75 Å². The van der Waals surface area contributed by atoms with Crippen LogP contribution in [0.4, 0.5) is 4.39 Å². The summed E-state index contributed by atoms with van der Waals surface area (Å²) in [7, 11) is 0.